The fraction of sp³-hybridized carbons (Fsp3) is 0.333. The average molecular weight is 432 g/mol. The van der Waals surface area contributed by atoms with Gasteiger partial charge in [0.15, 0.2) is 13.2 Å². The van der Waals surface area contributed by atoms with Crippen LogP contribution >= 0.6 is 0 Å². The van der Waals surface area contributed by atoms with E-state index in [9.17, 15) is 18.0 Å². The molecule has 160 valence electrons. The van der Waals surface area contributed by atoms with Crippen molar-refractivity contribution >= 4 is 27.6 Å². The third-order valence-electron chi connectivity index (χ3n) is 4.54. The molecule has 0 saturated heterocycles. The van der Waals surface area contributed by atoms with Gasteiger partial charge in [-0.3, -0.25) is 9.10 Å². The number of hydrogen-bond donors (Lipinski definition) is 1. The Morgan fingerprint density at radius 1 is 1.03 bits per heavy atom. The van der Waals surface area contributed by atoms with Gasteiger partial charge in [-0.25, -0.2) is 13.2 Å². The molecule has 0 aliphatic heterocycles. The highest BCUT2D eigenvalue weighted by Crippen LogP contribution is 2.24. The lowest BCUT2D eigenvalue weighted by Crippen LogP contribution is -2.31. The van der Waals surface area contributed by atoms with Gasteiger partial charge in [-0.2, -0.15) is 0 Å². The van der Waals surface area contributed by atoms with E-state index in [1.807, 2.05) is 6.92 Å². The van der Waals surface area contributed by atoms with Gasteiger partial charge in [0, 0.05) is 13.1 Å². The van der Waals surface area contributed by atoms with E-state index >= 15 is 0 Å². The maximum Gasteiger partial charge on any atom is 0.344 e. The smallest absolute Gasteiger partial charge is 0.344 e. The van der Waals surface area contributed by atoms with Crippen LogP contribution in [0.2, 0.25) is 0 Å². The van der Waals surface area contributed by atoms with Gasteiger partial charge in [0.2, 0.25) is 0 Å². The first-order chi connectivity index (χ1) is 14.3. The molecule has 30 heavy (non-hydrogen) atoms. The summed E-state index contributed by atoms with van der Waals surface area (Å²) in [5.41, 5.74) is 1.42. The van der Waals surface area contributed by atoms with E-state index < -0.39 is 16.0 Å². The zero-order chi connectivity index (χ0) is 21.7. The molecule has 9 heteroatoms. The summed E-state index contributed by atoms with van der Waals surface area (Å²) in [6.45, 7) is 1.20. The van der Waals surface area contributed by atoms with Crippen molar-refractivity contribution in [1.82, 2.24) is 5.32 Å². The highest BCUT2D eigenvalue weighted by atomic mass is 32.2. The van der Waals surface area contributed by atoms with Crippen LogP contribution in [0.4, 0.5) is 5.69 Å². The van der Waals surface area contributed by atoms with Crippen molar-refractivity contribution in [2.24, 2.45) is 0 Å². The van der Waals surface area contributed by atoms with Crippen LogP contribution in [0.3, 0.4) is 0 Å². The first-order valence-corrected chi connectivity index (χ1v) is 10.9. The summed E-state index contributed by atoms with van der Waals surface area (Å²) in [7, 11) is -2.22. The summed E-state index contributed by atoms with van der Waals surface area (Å²) in [5.74, 6) is -0.614. The zero-order valence-electron chi connectivity index (χ0n) is 16.8. The zero-order valence-corrected chi connectivity index (χ0v) is 17.6. The van der Waals surface area contributed by atoms with Crippen LogP contribution in [0, 0.1) is 6.92 Å². The van der Waals surface area contributed by atoms with Crippen molar-refractivity contribution < 1.29 is 27.5 Å². The van der Waals surface area contributed by atoms with Crippen molar-refractivity contribution in [2.45, 2.75) is 30.7 Å². The number of aryl methyl sites for hydroxylation is 1. The molecule has 1 N–H and O–H groups in total. The van der Waals surface area contributed by atoms with E-state index in [0.717, 1.165) is 18.4 Å². The van der Waals surface area contributed by atoms with Gasteiger partial charge >= 0.3 is 5.97 Å². The number of esters is 1. The molecule has 1 amide bonds. The lowest BCUT2D eigenvalue weighted by Gasteiger charge is -2.20. The summed E-state index contributed by atoms with van der Waals surface area (Å²) in [6.07, 6.45) is 1.92. The quantitative estimate of drug-likeness (QED) is 0.609. The van der Waals surface area contributed by atoms with Gasteiger partial charge in [0.05, 0.1) is 10.6 Å². The predicted octanol–water partition coefficient (Wildman–Crippen LogP) is 2.02. The van der Waals surface area contributed by atoms with Crippen molar-refractivity contribution in [1.29, 1.82) is 0 Å². The molecule has 1 fully saturated rings. The second-order valence-corrected chi connectivity index (χ2v) is 9.04. The monoisotopic (exact) mass is 432 g/mol. The van der Waals surface area contributed by atoms with Crippen LogP contribution in [0.25, 0.3) is 0 Å². The molecule has 2 aromatic rings. The molecule has 1 aliphatic carbocycles. The highest BCUT2D eigenvalue weighted by molar-refractivity contribution is 7.92. The normalized spacial score (nSPS) is 13.4. The number of sulfonamides is 1. The SMILES string of the molecule is Cc1ccc(S(=O)(=O)N(C)c2ccc(OCC(=O)OCC(=O)NC3CC3)cc2)cc1. The van der Waals surface area contributed by atoms with E-state index in [1.165, 1.54) is 11.4 Å². The highest BCUT2D eigenvalue weighted by Gasteiger charge is 2.24. The molecule has 2 aromatic carbocycles. The van der Waals surface area contributed by atoms with E-state index in [2.05, 4.69) is 5.32 Å². The van der Waals surface area contributed by atoms with Gasteiger partial charge in [0.25, 0.3) is 15.9 Å². The molecule has 8 nitrogen and oxygen atoms in total. The minimum atomic E-state index is -3.69. The summed E-state index contributed by atoms with van der Waals surface area (Å²) >= 11 is 0. The maximum absolute atomic E-state index is 12.7. The van der Waals surface area contributed by atoms with Crippen LogP contribution < -0.4 is 14.4 Å². The molecule has 0 radical (unpaired) electrons. The van der Waals surface area contributed by atoms with Crippen LogP contribution in [-0.4, -0.2) is 46.6 Å². The minimum Gasteiger partial charge on any atom is -0.482 e. The Kier molecular flexibility index (Phi) is 6.61. The Morgan fingerprint density at radius 2 is 1.67 bits per heavy atom. The Hall–Kier alpha value is -3.07. The van der Waals surface area contributed by atoms with E-state index in [1.54, 1.807) is 48.5 Å². The number of nitrogens with one attached hydrogen (secondary N) is 1. The first kappa shape index (κ1) is 21.6. The van der Waals surface area contributed by atoms with Crippen LogP contribution in [-0.2, 0) is 24.3 Å². The first-order valence-electron chi connectivity index (χ1n) is 9.49. The van der Waals surface area contributed by atoms with Gasteiger partial charge in [-0.1, -0.05) is 17.7 Å². The molecule has 1 aliphatic rings. The summed E-state index contributed by atoms with van der Waals surface area (Å²) in [5, 5.41) is 2.72. The summed E-state index contributed by atoms with van der Waals surface area (Å²) < 4.78 is 36.9. The number of amides is 1. The standard InChI is InChI=1S/C21H24N2O6S/c1-15-3-11-19(12-4-15)30(26,27)23(2)17-7-9-18(10-8-17)28-14-21(25)29-13-20(24)22-16-5-6-16/h3-4,7-12,16H,5-6,13-14H2,1-2H3,(H,22,24). The molecule has 0 heterocycles. The number of carbonyl (C=O) groups is 2. The largest absolute Gasteiger partial charge is 0.482 e. The molecule has 0 unspecified atom stereocenters. The Labute approximate surface area is 175 Å². The van der Waals surface area contributed by atoms with Crippen molar-refractivity contribution in [3.63, 3.8) is 0 Å². The van der Waals surface area contributed by atoms with E-state index in [-0.39, 0.29) is 30.1 Å². The van der Waals surface area contributed by atoms with Crippen molar-refractivity contribution in [2.75, 3.05) is 24.6 Å². The second kappa shape index (κ2) is 9.17. The average Bonchev–Trinajstić information content (AvgIpc) is 3.55. The number of nitrogens with zero attached hydrogens (tertiary/aromatic N) is 1. The van der Waals surface area contributed by atoms with Crippen LogP contribution in [0.1, 0.15) is 18.4 Å². The van der Waals surface area contributed by atoms with Gasteiger partial charge in [-0.05, 0) is 56.2 Å². The fourth-order valence-corrected chi connectivity index (χ4v) is 3.78. The van der Waals surface area contributed by atoms with Gasteiger partial charge in [-0.15, -0.1) is 0 Å². The molecule has 0 aromatic heterocycles. The van der Waals surface area contributed by atoms with E-state index in [4.69, 9.17) is 9.47 Å². The lowest BCUT2D eigenvalue weighted by atomic mass is 10.2. The van der Waals surface area contributed by atoms with Gasteiger partial charge < -0.3 is 14.8 Å². The molecular formula is C21H24N2O6S. The van der Waals surface area contributed by atoms with Crippen molar-refractivity contribution in [3.8, 4) is 5.75 Å². The van der Waals surface area contributed by atoms with Crippen LogP contribution in [0.15, 0.2) is 53.4 Å². The summed E-state index contributed by atoms with van der Waals surface area (Å²) in [6, 6.07) is 13.1. The number of rotatable bonds is 9. The predicted molar refractivity (Wildman–Crippen MR) is 111 cm³/mol. The number of anilines is 1. The molecule has 1 saturated carbocycles. The van der Waals surface area contributed by atoms with E-state index in [0.29, 0.717) is 11.4 Å². The van der Waals surface area contributed by atoms with Gasteiger partial charge in [0.1, 0.15) is 5.75 Å². The lowest BCUT2D eigenvalue weighted by molar-refractivity contribution is -0.150. The number of hydrogen-bond acceptors (Lipinski definition) is 6. The fourth-order valence-electron chi connectivity index (χ4n) is 2.59. The van der Waals surface area contributed by atoms with Crippen molar-refractivity contribution in [3.05, 3.63) is 54.1 Å². The maximum atomic E-state index is 12.7. The molecule has 3 rings (SSSR count). The molecular weight excluding hydrogens is 408 g/mol. The second-order valence-electron chi connectivity index (χ2n) is 7.07. The number of carbonyl (C=O) groups excluding carboxylic acids is 2. The Morgan fingerprint density at radius 3 is 2.27 bits per heavy atom. The third-order valence-corrected chi connectivity index (χ3v) is 6.34. The van der Waals surface area contributed by atoms with Crippen LogP contribution in [0.5, 0.6) is 5.75 Å². The number of ether oxygens (including phenoxy) is 2. The number of benzene rings is 2. The minimum absolute atomic E-state index is 0.199. The third kappa shape index (κ3) is 5.73. The topological polar surface area (TPSA) is 102 Å². The molecule has 0 atom stereocenters. The Balaban J connectivity index is 1.51. The Bertz CT molecular complexity index is 999. The molecule has 0 bridgehead atoms. The summed E-state index contributed by atoms with van der Waals surface area (Å²) in [4.78, 5) is 23.4. The molecule has 0 spiro atoms.